The number of imidazole rings is 1. The van der Waals surface area contributed by atoms with Gasteiger partial charge in [0.05, 0.1) is 5.76 Å². The van der Waals surface area contributed by atoms with Crippen LogP contribution in [0.1, 0.15) is 48.9 Å². The van der Waals surface area contributed by atoms with Gasteiger partial charge in [0.1, 0.15) is 11.3 Å². The smallest absolute Gasteiger partial charge is 0.248 e. The summed E-state index contributed by atoms with van der Waals surface area (Å²) >= 11 is 0. The van der Waals surface area contributed by atoms with E-state index in [2.05, 4.69) is 11.9 Å². The lowest BCUT2D eigenvalue weighted by Gasteiger charge is -2.17. The van der Waals surface area contributed by atoms with E-state index in [4.69, 9.17) is 10.7 Å². The Balaban J connectivity index is 2.26. The summed E-state index contributed by atoms with van der Waals surface area (Å²) in [6.07, 6.45) is 2.53. The third-order valence-electron chi connectivity index (χ3n) is 4.88. The molecule has 0 radical (unpaired) electrons. The molecule has 0 aliphatic heterocycles. The Morgan fingerprint density at radius 2 is 1.75 bits per heavy atom. The molecule has 28 heavy (non-hydrogen) atoms. The number of benzene rings is 1. The number of allylic oxidation sites excluding steroid dienone is 4. The third kappa shape index (κ3) is 3.41. The first-order valence-corrected chi connectivity index (χ1v) is 9.13. The van der Waals surface area contributed by atoms with Crippen LogP contribution in [0.5, 0.6) is 0 Å². The summed E-state index contributed by atoms with van der Waals surface area (Å²) in [5, 5.41) is 10.6. The van der Waals surface area contributed by atoms with Gasteiger partial charge in [-0.15, -0.1) is 0 Å². The van der Waals surface area contributed by atoms with Crippen LogP contribution in [-0.2, 0) is 7.05 Å². The molecule has 0 aliphatic carbocycles. The number of aliphatic hydroxyl groups excluding tert-OH is 1. The second-order valence-electron chi connectivity index (χ2n) is 6.75. The second kappa shape index (κ2) is 7.68. The van der Waals surface area contributed by atoms with Gasteiger partial charge in [-0.25, -0.2) is 9.97 Å². The van der Waals surface area contributed by atoms with E-state index in [1.807, 2.05) is 30.7 Å². The standard InChI is InChI=1S/C22H24N4O2/c1-5-13(2)18(22-25-17-7-6-12-24-21(17)26(22)4)19(14(3)27)15-8-10-16(11-9-15)20(23)28/h6-12,27H,5H2,1-4H3,(H2,23,28)/b18-13-,19-14-. The number of carbonyl (C=O) groups is 1. The van der Waals surface area contributed by atoms with Crippen LogP contribution in [0.25, 0.3) is 22.3 Å². The molecule has 6 nitrogen and oxygen atoms in total. The maximum absolute atomic E-state index is 11.4. The predicted octanol–water partition coefficient (Wildman–Crippen LogP) is 4.24. The highest BCUT2D eigenvalue weighted by Gasteiger charge is 2.22. The fourth-order valence-electron chi connectivity index (χ4n) is 3.28. The summed E-state index contributed by atoms with van der Waals surface area (Å²) in [6, 6.07) is 10.7. The topological polar surface area (TPSA) is 94.0 Å². The van der Waals surface area contributed by atoms with Gasteiger partial charge >= 0.3 is 0 Å². The van der Waals surface area contributed by atoms with Crippen LogP contribution in [0.2, 0.25) is 0 Å². The number of amides is 1. The van der Waals surface area contributed by atoms with Crippen molar-refractivity contribution in [1.82, 2.24) is 14.5 Å². The number of hydrogen-bond donors (Lipinski definition) is 2. The van der Waals surface area contributed by atoms with Crippen molar-refractivity contribution < 1.29 is 9.90 Å². The maximum atomic E-state index is 11.4. The summed E-state index contributed by atoms with van der Waals surface area (Å²) < 4.78 is 1.94. The normalized spacial score (nSPS) is 13.3. The number of primary amides is 1. The Bertz CT molecular complexity index is 1100. The minimum absolute atomic E-state index is 0.176. The molecule has 0 unspecified atom stereocenters. The first-order chi connectivity index (χ1) is 13.3. The van der Waals surface area contributed by atoms with Gasteiger partial charge < -0.3 is 15.4 Å². The number of pyridine rings is 1. The van der Waals surface area contributed by atoms with E-state index >= 15 is 0 Å². The lowest BCUT2D eigenvalue weighted by Crippen LogP contribution is -2.10. The number of carbonyl (C=O) groups excluding carboxylic acids is 1. The third-order valence-corrected chi connectivity index (χ3v) is 4.88. The van der Waals surface area contributed by atoms with E-state index in [-0.39, 0.29) is 5.76 Å². The van der Waals surface area contributed by atoms with Crippen LogP contribution in [0, 0.1) is 0 Å². The second-order valence-corrected chi connectivity index (χ2v) is 6.75. The number of rotatable bonds is 5. The first-order valence-electron chi connectivity index (χ1n) is 9.13. The van der Waals surface area contributed by atoms with Gasteiger partial charge in [-0.05, 0) is 50.1 Å². The molecule has 3 N–H and O–H groups in total. The molecular weight excluding hydrogens is 352 g/mol. The molecule has 2 heterocycles. The molecule has 0 spiro atoms. The number of aromatic nitrogens is 3. The van der Waals surface area contributed by atoms with Crippen LogP contribution in [0.3, 0.4) is 0 Å². The number of fused-ring (bicyclic) bond motifs is 1. The van der Waals surface area contributed by atoms with Crippen molar-refractivity contribution in [3.05, 3.63) is 70.9 Å². The van der Waals surface area contributed by atoms with Gasteiger partial charge in [0.15, 0.2) is 5.65 Å². The fraction of sp³-hybridized carbons (Fsp3) is 0.227. The van der Waals surface area contributed by atoms with Crippen molar-refractivity contribution in [3.63, 3.8) is 0 Å². The van der Waals surface area contributed by atoms with E-state index in [9.17, 15) is 9.90 Å². The highest BCUT2D eigenvalue weighted by molar-refractivity contribution is 6.06. The molecule has 1 aromatic carbocycles. The van der Waals surface area contributed by atoms with Crippen LogP contribution < -0.4 is 5.73 Å². The molecule has 2 aromatic heterocycles. The van der Waals surface area contributed by atoms with Gasteiger partial charge in [0.25, 0.3) is 0 Å². The average molecular weight is 376 g/mol. The van der Waals surface area contributed by atoms with Gasteiger partial charge in [0.2, 0.25) is 5.91 Å². The van der Waals surface area contributed by atoms with Crippen LogP contribution in [0.4, 0.5) is 0 Å². The molecule has 3 rings (SSSR count). The minimum Gasteiger partial charge on any atom is -0.512 e. The van der Waals surface area contributed by atoms with Gasteiger partial charge in [0, 0.05) is 30.0 Å². The van der Waals surface area contributed by atoms with E-state index in [1.165, 1.54) is 0 Å². The van der Waals surface area contributed by atoms with Crippen molar-refractivity contribution in [3.8, 4) is 0 Å². The largest absolute Gasteiger partial charge is 0.512 e. The lowest BCUT2D eigenvalue weighted by atomic mass is 9.91. The zero-order valence-corrected chi connectivity index (χ0v) is 16.5. The molecule has 0 saturated carbocycles. The number of nitrogens with zero attached hydrogens (tertiary/aromatic N) is 3. The molecule has 3 aromatic rings. The van der Waals surface area contributed by atoms with E-state index in [0.717, 1.165) is 40.1 Å². The molecule has 6 heteroatoms. The zero-order valence-electron chi connectivity index (χ0n) is 16.5. The van der Waals surface area contributed by atoms with Crippen molar-refractivity contribution in [1.29, 1.82) is 0 Å². The summed E-state index contributed by atoms with van der Waals surface area (Å²) in [4.78, 5) is 20.6. The summed E-state index contributed by atoms with van der Waals surface area (Å²) in [6.45, 7) is 5.75. The molecule has 0 saturated heterocycles. The van der Waals surface area contributed by atoms with E-state index < -0.39 is 5.91 Å². The minimum atomic E-state index is -0.486. The van der Waals surface area contributed by atoms with Gasteiger partial charge in [-0.2, -0.15) is 0 Å². The van der Waals surface area contributed by atoms with E-state index in [0.29, 0.717) is 11.1 Å². The van der Waals surface area contributed by atoms with Crippen LogP contribution >= 0.6 is 0 Å². The molecule has 1 amide bonds. The molecule has 0 fully saturated rings. The van der Waals surface area contributed by atoms with Crippen molar-refractivity contribution in [2.45, 2.75) is 27.2 Å². The van der Waals surface area contributed by atoms with E-state index in [1.54, 1.807) is 37.4 Å². The molecule has 144 valence electrons. The predicted molar refractivity (Wildman–Crippen MR) is 112 cm³/mol. The van der Waals surface area contributed by atoms with Crippen LogP contribution in [-0.4, -0.2) is 25.5 Å². The number of hydrogen-bond acceptors (Lipinski definition) is 4. The Morgan fingerprint density at radius 3 is 2.29 bits per heavy atom. The Kier molecular flexibility index (Phi) is 5.31. The molecule has 0 aliphatic rings. The lowest BCUT2D eigenvalue weighted by molar-refractivity contribution is 0.100. The van der Waals surface area contributed by atoms with Crippen molar-refractivity contribution >= 4 is 28.2 Å². The Labute approximate surface area is 164 Å². The number of nitrogens with two attached hydrogens (primary N) is 1. The summed E-state index contributed by atoms with van der Waals surface area (Å²) in [5.41, 5.74) is 10.7. The summed E-state index contributed by atoms with van der Waals surface area (Å²) in [5.74, 6) is 0.421. The maximum Gasteiger partial charge on any atom is 0.248 e. The quantitative estimate of drug-likeness (QED) is 0.514. The average Bonchev–Trinajstić information content (AvgIpc) is 3.01. The highest BCUT2D eigenvalue weighted by atomic mass is 16.3. The van der Waals surface area contributed by atoms with Gasteiger partial charge in [-0.3, -0.25) is 4.79 Å². The monoisotopic (exact) mass is 376 g/mol. The molecular formula is C22H24N4O2. The SMILES string of the molecule is CC/C(C)=C(/C(=C(/C)O)c1ccc(C(N)=O)cc1)c1nc2cccnc2n1C. The molecule has 0 bridgehead atoms. The first kappa shape index (κ1) is 19.4. The fourth-order valence-corrected chi connectivity index (χ4v) is 3.28. The van der Waals surface area contributed by atoms with Crippen molar-refractivity contribution in [2.24, 2.45) is 12.8 Å². The Hall–Kier alpha value is -3.41. The summed E-state index contributed by atoms with van der Waals surface area (Å²) in [7, 11) is 1.92. The Morgan fingerprint density at radius 1 is 1.11 bits per heavy atom. The van der Waals surface area contributed by atoms with Crippen molar-refractivity contribution in [2.75, 3.05) is 0 Å². The molecule has 0 atom stereocenters. The zero-order chi connectivity index (χ0) is 20.4. The van der Waals surface area contributed by atoms with Gasteiger partial charge in [-0.1, -0.05) is 24.6 Å². The highest BCUT2D eigenvalue weighted by Crippen LogP contribution is 2.37. The number of aliphatic hydroxyl groups is 1. The van der Waals surface area contributed by atoms with Crippen LogP contribution in [0.15, 0.2) is 53.9 Å². The number of aryl methyl sites for hydroxylation is 1.